The molecule has 0 saturated carbocycles. The zero-order valence-electron chi connectivity index (χ0n) is 10.8. The predicted octanol–water partition coefficient (Wildman–Crippen LogP) is 3.91. The molecule has 0 aliphatic heterocycles. The molecule has 5 heteroatoms. The standard InChI is InChI=1S/C15H12F2N2O/c1-2-20-12-8-7-9(16)13(14(12)17)15-18-10-5-3-4-6-11(10)19-15/h3-8H,2H2,1H3,(H,18,19). The van der Waals surface area contributed by atoms with Gasteiger partial charge in [-0.25, -0.2) is 13.8 Å². The third-order valence-corrected chi connectivity index (χ3v) is 2.98. The quantitative estimate of drug-likeness (QED) is 0.786. The molecule has 0 saturated heterocycles. The number of fused-ring (bicyclic) bond motifs is 1. The van der Waals surface area contributed by atoms with Crippen molar-refractivity contribution in [3.05, 3.63) is 48.0 Å². The van der Waals surface area contributed by atoms with Gasteiger partial charge in [0.2, 0.25) is 0 Å². The summed E-state index contributed by atoms with van der Waals surface area (Å²) >= 11 is 0. The van der Waals surface area contributed by atoms with Crippen LogP contribution in [0.2, 0.25) is 0 Å². The zero-order valence-corrected chi connectivity index (χ0v) is 10.8. The fourth-order valence-corrected chi connectivity index (χ4v) is 2.09. The number of ether oxygens (including phenoxy) is 1. The van der Waals surface area contributed by atoms with Crippen LogP contribution in [0.5, 0.6) is 5.75 Å². The van der Waals surface area contributed by atoms with Crippen molar-refractivity contribution in [3.63, 3.8) is 0 Å². The Kier molecular flexibility index (Phi) is 3.10. The zero-order chi connectivity index (χ0) is 14.1. The maximum absolute atomic E-state index is 14.3. The summed E-state index contributed by atoms with van der Waals surface area (Å²) < 4.78 is 33.4. The van der Waals surface area contributed by atoms with Crippen molar-refractivity contribution in [3.8, 4) is 17.1 Å². The molecule has 102 valence electrons. The Balaban J connectivity index is 2.19. The highest BCUT2D eigenvalue weighted by atomic mass is 19.1. The van der Waals surface area contributed by atoms with Crippen molar-refractivity contribution < 1.29 is 13.5 Å². The molecular formula is C15H12F2N2O. The molecule has 0 spiro atoms. The lowest BCUT2D eigenvalue weighted by Crippen LogP contribution is -1.99. The van der Waals surface area contributed by atoms with Crippen molar-refractivity contribution in [1.29, 1.82) is 0 Å². The molecule has 1 heterocycles. The van der Waals surface area contributed by atoms with Gasteiger partial charge in [0.05, 0.1) is 23.2 Å². The number of imidazole rings is 1. The van der Waals surface area contributed by atoms with Gasteiger partial charge in [0.15, 0.2) is 11.6 Å². The van der Waals surface area contributed by atoms with Crippen molar-refractivity contribution in [2.24, 2.45) is 0 Å². The number of H-pyrrole nitrogens is 1. The lowest BCUT2D eigenvalue weighted by molar-refractivity contribution is 0.321. The molecule has 1 aromatic heterocycles. The summed E-state index contributed by atoms with van der Waals surface area (Å²) in [5.74, 6) is -1.25. The average molecular weight is 274 g/mol. The van der Waals surface area contributed by atoms with Crippen LogP contribution in [0.15, 0.2) is 36.4 Å². The van der Waals surface area contributed by atoms with E-state index in [9.17, 15) is 8.78 Å². The average Bonchev–Trinajstić information content (AvgIpc) is 2.85. The van der Waals surface area contributed by atoms with E-state index in [1.54, 1.807) is 19.1 Å². The van der Waals surface area contributed by atoms with E-state index in [0.717, 1.165) is 5.52 Å². The second kappa shape index (κ2) is 4.92. The molecule has 3 aromatic rings. The van der Waals surface area contributed by atoms with Gasteiger partial charge >= 0.3 is 0 Å². The lowest BCUT2D eigenvalue weighted by atomic mass is 10.1. The summed E-state index contributed by atoms with van der Waals surface area (Å²) in [7, 11) is 0. The monoisotopic (exact) mass is 274 g/mol. The van der Waals surface area contributed by atoms with E-state index in [0.29, 0.717) is 12.1 Å². The van der Waals surface area contributed by atoms with Gasteiger partial charge in [-0.1, -0.05) is 12.1 Å². The second-order valence-electron chi connectivity index (χ2n) is 4.27. The molecule has 2 aromatic carbocycles. The minimum Gasteiger partial charge on any atom is -0.491 e. The van der Waals surface area contributed by atoms with Crippen LogP contribution in [0.3, 0.4) is 0 Å². The molecule has 3 rings (SSSR count). The highest BCUT2D eigenvalue weighted by Crippen LogP contribution is 2.31. The van der Waals surface area contributed by atoms with Crippen molar-refractivity contribution in [2.45, 2.75) is 6.92 Å². The summed E-state index contributed by atoms with van der Waals surface area (Å²) in [6.45, 7) is 2.05. The molecule has 0 aliphatic rings. The first-order chi connectivity index (χ1) is 9.70. The summed E-state index contributed by atoms with van der Waals surface area (Å²) in [6.07, 6.45) is 0. The number of nitrogens with one attached hydrogen (secondary N) is 1. The van der Waals surface area contributed by atoms with Gasteiger partial charge in [-0.3, -0.25) is 0 Å². The number of nitrogens with zero attached hydrogens (tertiary/aromatic N) is 1. The van der Waals surface area contributed by atoms with E-state index in [4.69, 9.17) is 4.74 Å². The van der Waals surface area contributed by atoms with Crippen molar-refractivity contribution >= 4 is 11.0 Å². The lowest BCUT2D eigenvalue weighted by Gasteiger charge is -2.08. The van der Waals surface area contributed by atoms with Gasteiger partial charge < -0.3 is 9.72 Å². The maximum atomic E-state index is 14.3. The fraction of sp³-hybridized carbons (Fsp3) is 0.133. The van der Waals surface area contributed by atoms with Crippen molar-refractivity contribution in [2.75, 3.05) is 6.61 Å². The topological polar surface area (TPSA) is 37.9 Å². The van der Waals surface area contributed by atoms with Gasteiger partial charge in [0.25, 0.3) is 0 Å². The molecule has 3 nitrogen and oxygen atoms in total. The van der Waals surface area contributed by atoms with Crippen LogP contribution in [0, 0.1) is 11.6 Å². The fourth-order valence-electron chi connectivity index (χ4n) is 2.09. The molecule has 0 radical (unpaired) electrons. The Morgan fingerprint density at radius 2 is 1.95 bits per heavy atom. The third-order valence-electron chi connectivity index (χ3n) is 2.98. The molecule has 0 bridgehead atoms. The van der Waals surface area contributed by atoms with Crippen LogP contribution < -0.4 is 4.74 Å². The Morgan fingerprint density at radius 1 is 1.15 bits per heavy atom. The first-order valence-electron chi connectivity index (χ1n) is 6.26. The van der Waals surface area contributed by atoms with E-state index in [1.165, 1.54) is 12.1 Å². The summed E-state index contributed by atoms with van der Waals surface area (Å²) in [5, 5.41) is 0. The number of hydrogen-bond acceptors (Lipinski definition) is 2. The highest BCUT2D eigenvalue weighted by molar-refractivity contribution is 5.79. The molecule has 20 heavy (non-hydrogen) atoms. The van der Waals surface area contributed by atoms with Gasteiger partial charge in [-0.2, -0.15) is 0 Å². The van der Waals surface area contributed by atoms with Crippen LogP contribution in [-0.4, -0.2) is 16.6 Å². The number of rotatable bonds is 3. The van der Waals surface area contributed by atoms with Gasteiger partial charge in [-0.05, 0) is 31.2 Å². The number of aromatic amines is 1. The highest BCUT2D eigenvalue weighted by Gasteiger charge is 2.19. The SMILES string of the molecule is CCOc1ccc(F)c(-c2nc3ccccc3[nH]2)c1F. The number of benzene rings is 2. The molecule has 0 fully saturated rings. The van der Waals surface area contributed by atoms with E-state index >= 15 is 0 Å². The van der Waals surface area contributed by atoms with Crippen LogP contribution in [-0.2, 0) is 0 Å². The molecule has 0 amide bonds. The normalized spacial score (nSPS) is 10.9. The summed E-state index contributed by atoms with van der Waals surface area (Å²) in [6, 6.07) is 9.67. The largest absolute Gasteiger partial charge is 0.491 e. The van der Waals surface area contributed by atoms with E-state index < -0.39 is 11.6 Å². The Labute approximate surface area is 114 Å². The smallest absolute Gasteiger partial charge is 0.178 e. The second-order valence-corrected chi connectivity index (χ2v) is 4.27. The maximum Gasteiger partial charge on any atom is 0.178 e. The predicted molar refractivity (Wildman–Crippen MR) is 72.6 cm³/mol. The number of aromatic nitrogens is 2. The first kappa shape index (κ1) is 12.6. The number of halogens is 2. The molecule has 0 atom stereocenters. The Hall–Kier alpha value is -2.43. The summed E-state index contributed by atoms with van der Waals surface area (Å²) in [4.78, 5) is 7.13. The molecule has 1 N–H and O–H groups in total. The van der Waals surface area contributed by atoms with Gasteiger partial charge in [0.1, 0.15) is 11.6 Å². The minimum absolute atomic E-state index is 0.0179. The number of para-hydroxylation sites is 2. The molecule has 0 aliphatic carbocycles. The summed E-state index contributed by atoms with van der Waals surface area (Å²) in [5.41, 5.74) is 1.18. The van der Waals surface area contributed by atoms with Gasteiger partial charge in [0, 0.05) is 0 Å². The first-order valence-corrected chi connectivity index (χ1v) is 6.26. The van der Waals surface area contributed by atoms with Gasteiger partial charge in [-0.15, -0.1) is 0 Å². The van der Waals surface area contributed by atoms with Crippen molar-refractivity contribution in [1.82, 2.24) is 9.97 Å². The van der Waals surface area contributed by atoms with E-state index in [2.05, 4.69) is 9.97 Å². The van der Waals surface area contributed by atoms with Crippen LogP contribution in [0.4, 0.5) is 8.78 Å². The van der Waals surface area contributed by atoms with Crippen LogP contribution in [0.25, 0.3) is 22.4 Å². The number of hydrogen-bond donors (Lipinski definition) is 1. The van der Waals surface area contributed by atoms with E-state index in [-0.39, 0.29) is 17.1 Å². The van der Waals surface area contributed by atoms with Crippen LogP contribution >= 0.6 is 0 Å². The van der Waals surface area contributed by atoms with E-state index in [1.807, 2.05) is 12.1 Å². The molecular weight excluding hydrogens is 262 g/mol. The molecule has 0 unspecified atom stereocenters. The Bertz CT molecular complexity index is 735. The minimum atomic E-state index is -0.745. The Morgan fingerprint density at radius 3 is 2.70 bits per heavy atom. The van der Waals surface area contributed by atoms with Crippen LogP contribution in [0.1, 0.15) is 6.92 Å². The third kappa shape index (κ3) is 2.01.